The van der Waals surface area contributed by atoms with Crippen LogP contribution < -0.4 is 0 Å². The maximum Gasteiger partial charge on any atom is 0.204 e. The van der Waals surface area contributed by atoms with E-state index in [2.05, 4.69) is 10.2 Å². The molecular weight excluding hydrogens is 240 g/mol. The molecule has 1 heterocycles. The van der Waals surface area contributed by atoms with E-state index in [0.717, 1.165) is 17.0 Å². The Morgan fingerprint density at radius 3 is 2.69 bits per heavy atom. The lowest BCUT2D eigenvalue weighted by Crippen LogP contribution is -1.95. The van der Waals surface area contributed by atoms with Crippen molar-refractivity contribution in [3.63, 3.8) is 0 Å². The molecule has 1 aromatic carbocycles. The Morgan fingerprint density at radius 2 is 2.00 bits per heavy atom. The molecule has 16 heavy (non-hydrogen) atoms. The van der Waals surface area contributed by atoms with Crippen LogP contribution in [-0.4, -0.2) is 20.2 Å². The number of rotatable bonds is 4. The van der Waals surface area contributed by atoms with Crippen LogP contribution in [0.4, 0.5) is 0 Å². The van der Waals surface area contributed by atoms with Crippen molar-refractivity contribution < 1.29 is 4.21 Å². The summed E-state index contributed by atoms with van der Waals surface area (Å²) in [6.07, 6.45) is 0.896. The molecule has 0 fully saturated rings. The van der Waals surface area contributed by atoms with Crippen molar-refractivity contribution in [3.8, 4) is 10.6 Å². The van der Waals surface area contributed by atoms with Crippen molar-refractivity contribution in [2.75, 3.05) is 5.75 Å². The summed E-state index contributed by atoms with van der Waals surface area (Å²) in [5.41, 5.74) is 1.03. The predicted molar refractivity (Wildman–Crippen MR) is 66.9 cm³/mol. The first-order valence-corrected chi connectivity index (χ1v) is 7.22. The van der Waals surface area contributed by atoms with Gasteiger partial charge in [-0.2, -0.15) is 0 Å². The van der Waals surface area contributed by atoms with Crippen LogP contribution in [-0.2, 0) is 10.8 Å². The Labute approximate surface area is 101 Å². The second-order valence-corrected chi connectivity index (χ2v) is 6.01. The van der Waals surface area contributed by atoms with Crippen LogP contribution in [0.1, 0.15) is 13.3 Å². The number of nitrogens with zero attached hydrogens (tertiary/aromatic N) is 2. The first kappa shape index (κ1) is 11.4. The highest BCUT2D eigenvalue weighted by atomic mass is 32.2. The topological polar surface area (TPSA) is 42.9 Å². The molecule has 0 N–H and O–H groups in total. The molecule has 84 valence electrons. The van der Waals surface area contributed by atoms with Gasteiger partial charge in [0.2, 0.25) is 4.34 Å². The summed E-state index contributed by atoms with van der Waals surface area (Å²) in [4.78, 5) is 0. The average molecular weight is 252 g/mol. The molecule has 3 nitrogen and oxygen atoms in total. The molecule has 0 spiro atoms. The van der Waals surface area contributed by atoms with Crippen LogP contribution in [0.25, 0.3) is 10.6 Å². The average Bonchev–Trinajstić information content (AvgIpc) is 2.80. The van der Waals surface area contributed by atoms with Gasteiger partial charge in [-0.25, -0.2) is 0 Å². The Hall–Kier alpha value is -1.07. The summed E-state index contributed by atoms with van der Waals surface area (Å²) in [7, 11) is -0.991. The summed E-state index contributed by atoms with van der Waals surface area (Å²) in [6.45, 7) is 2.01. The van der Waals surface area contributed by atoms with Gasteiger partial charge in [0.25, 0.3) is 0 Å². The van der Waals surface area contributed by atoms with Crippen molar-refractivity contribution >= 4 is 22.1 Å². The van der Waals surface area contributed by atoms with E-state index in [1.807, 2.05) is 37.3 Å². The van der Waals surface area contributed by atoms with Crippen molar-refractivity contribution in [3.05, 3.63) is 30.3 Å². The van der Waals surface area contributed by atoms with Crippen LogP contribution in [0.5, 0.6) is 0 Å². The fourth-order valence-corrected chi connectivity index (χ4v) is 3.39. The van der Waals surface area contributed by atoms with E-state index in [9.17, 15) is 4.21 Å². The van der Waals surface area contributed by atoms with E-state index < -0.39 is 10.8 Å². The fourth-order valence-electron chi connectivity index (χ4n) is 1.27. The highest BCUT2D eigenvalue weighted by Crippen LogP contribution is 2.24. The summed E-state index contributed by atoms with van der Waals surface area (Å²) < 4.78 is 12.3. The van der Waals surface area contributed by atoms with Gasteiger partial charge in [0.05, 0.1) is 10.8 Å². The van der Waals surface area contributed by atoms with Gasteiger partial charge in [-0.1, -0.05) is 48.6 Å². The second-order valence-electron chi connectivity index (χ2n) is 3.29. The Bertz CT molecular complexity index is 482. The van der Waals surface area contributed by atoms with E-state index in [-0.39, 0.29) is 0 Å². The smallest absolute Gasteiger partial charge is 0.204 e. The molecule has 2 rings (SSSR count). The predicted octanol–water partition coefficient (Wildman–Crippen LogP) is 2.72. The summed E-state index contributed by atoms with van der Waals surface area (Å²) in [5.74, 6) is 0.656. The van der Waals surface area contributed by atoms with Crippen molar-refractivity contribution in [1.82, 2.24) is 10.2 Å². The largest absolute Gasteiger partial charge is 0.252 e. The van der Waals surface area contributed by atoms with Gasteiger partial charge < -0.3 is 0 Å². The van der Waals surface area contributed by atoms with E-state index in [0.29, 0.717) is 10.1 Å². The molecule has 1 aromatic heterocycles. The number of aromatic nitrogens is 2. The van der Waals surface area contributed by atoms with Crippen LogP contribution in [0.3, 0.4) is 0 Å². The van der Waals surface area contributed by atoms with Gasteiger partial charge in [-0.15, -0.1) is 10.2 Å². The molecule has 2 aromatic rings. The first-order valence-electron chi connectivity index (χ1n) is 5.08. The molecule has 5 heteroatoms. The molecule has 0 aliphatic heterocycles. The lowest BCUT2D eigenvalue weighted by Gasteiger charge is -1.92. The van der Waals surface area contributed by atoms with Crippen LogP contribution in [0.15, 0.2) is 34.7 Å². The van der Waals surface area contributed by atoms with Crippen molar-refractivity contribution in [2.45, 2.75) is 17.7 Å². The molecule has 0 saturated heterocycles. The highest BCUT2D eigenvalue weighted by molar-refractivity contribution is 7.87. The zero-order valence-electron chi connectivity index (χ0n) is 8.92. The maximum atomic E-state index is 11.7. The molecule has 1 atom stereocenters. The van der Waals surface area contributed by atoms with Crippen LogP contribution in [0.2, 0.25) is 0 Å². The van der Waals surface area contributed by atoms with Gasteiger partial charge in [0.15, 0.2) is 0 Å². The highest BCUT2D eigenvalue weighted by Gasteiger charge is 2.11. The van der Waals surface area contributed by atoms with E-state index in [1.54, 1.807) is 0 Å². The third-order valence-electron chi connectivity index (χ3n) is 2.01. The third-order valence-corrected chi connectivity index (χ3v) is 4.84. The lowest BCUT2D eigenvalue weighted by atomic mass is 10.2. The number of benzene rings is 1. The third kappa shape index (κ3) is 2.54. The maximum absolute atomic E-state index is 11.7. The Balaban J connectivity index is 2.23. The van der Waals surface area contributed by atoms with Crippen molar-refractivity contribution in [1.29, 1.82) is 0 Å². The summed E-state index contributed by atoms with van der Waals surface area (Å²) >= 11 is 1.41. The van der Waals surface area contributed by atoms with E-state index in [1.165, 1.54) is 11.3 Å². The second kappa shape index (κ2) is 5.32. The molecule has 0 saturated carbocycles. The van der Waals surface area contributed by atoms with Gasteiger partial charge in [-0.05, 0) is 6.42 Å². The fraction of sp³-hybridized carbons (Fsp3) is 0.273. The lowest BCUT2D eigenvalue weighted by molar-refractivity contribution is 0.680. The molecule has 0 amide bonds. The molecule has 0 bridgehead atoms. The minimum absolute atomic E-state index is 0.626. The Kier molecular flexibility index (Phi) is 3.79. The Morgan fingerprint density at radius 1 is 1.25 bits per heavy atom. The van der Waals surface area contributed by atoms with Crippen LogP contribution >= 0.6 is 11.3 Å². The minimum Gasteiger partial charge on any atom is -0.252 e. The van der Waals surface area contributed by atoms with Gasteiger partial charge in [0, 0.05) is 11.3 Å². The van der Waals surface area contributed by atoms with Gasteiger partial charge in [-0.3, -0.25) is 4.21 Å². The standard InChI is InChI=1S/C11H12N2OS2/c1-2-8-16(14)11-13-12-10(15-11)9-6-4-3-5-7-9/h3-7H,2,8H2,1H3. The van der Waals surface area contributed by atoms with E-state index >= 15 is 0 Å². The summed E-state index contributed by atoms with van der Waals surface area (Å²) in [5, 5.41) is 8.88. The van der Waals surface area contributed by atoms with Crippen molar-refractivity contribution in [2.24, 2.45) is 0 Å². The number of hydrogen-bond donors (Lipinski definition) is 0. The minimum atomic E-state index is -0.991. The molecule has 1 unspecified atom stereocenters. The summed E-state index contributed by atoms with van der Waals surface area (Å²) in [6, 6.07) is 9.83. The zero-order chi connectivity index (χ0) is 11.4. The zero-order valence-corrected chi connectivity index (χ0v) is 10.6. The molecular formula is C11H12N2OS2. The molecule has 0 aliphatic carbocycles. The number of hydrogen-bond acceptors (Lipinski definition) is 4. The van der Waals surface area contributed by atoms with E-state index in [4.69, 9.17) is 0 Å². The van der Waals surface area contributed by atoms with Gasteiger partial charge >= 0.3 is 0 Å². The monoisotopic (exact) mass is 252 g/mol. The quantitative estimate of drug-likeness (QED) is 0.840. The molecule has 0 radical (unpaired) electrons. The SMILES string of the molecule is CCCS(=O)c1nnc(-c2ccccc2)s1. The van der Waals surface area contributed by atoms with Gasteiger partial charge in [0.1, 0.15) is 5.01 Å². The molecule has 0 aliphatic rings. The first-order chi connectivity index (χ1) is 7.81. The normalized spacial score (nSPS) is 12.6. The van der Waals surface area contributed by atoms with Crippen LogP contribution in [0, 0.1) is 0 Å².